The fourth-order valence-corrected chi connectivity index (χ4v) is 5.61. The van der Waals surface area contributed by atoms with Crippen LogP contribution >= 0.6 is 0 Å². The SMILES string of the molecule is CC(C)CCCCCCCCCCCCOC(CCCCCCCCCCCC(C)C)CC(=O)NCC(=O)NC(CO)C(=O)O. The van der Waals surface area contributed by atoms with Crippen molar-refractivity contribution < 1.29 is 29.3 Å². The molecule has 8 heteroatoms. The predicted octanol–water partition coefficient (Wildman–Crippen LogP) is 8.33. The number of carboxylic acid groups (broad SMARTS) is 1. The van der Waals surface area contributed by atoms with Crippen molar-refractivity contribution in [3.63, 3.8) is 0 Å². The van der Waals surface area contributed by atoms with E-state index in [9.17, 15) is 14.4 Å². The van der Waals surface area contributed by atoms with Gasteiger partial charge >= 0.3 is 5.97 Å². The number of rotatable bonds is 33. The predicted molar refractivity (Wildman–Crippen MR) is 185 cm³/mol. The van der Waals surface area contributed by atoms with Gasteiger partial charge in [0, 0.05) is 6.61 Å². The van der Waals surface area contributed by atoms with Crippen molar-refractivity contribution in [1.82, 2.24) is 10.6 Å². The van der Waals surface area contributed by atoms with Crippen LogP contribution < -0.4 is 10.6 Å². The van der Waals surface area contributed by atoms with E-state index in [0.717, 1.165) is 43.9 Å². The van der Waals surface area contributed by atoms with Gasteiger partial charge in [-0.15, -0.1) is 0 Å². The van der Waals surface area contributed by atoms with Crippen LogP contribution in [0.25, 0.3) is 0 Å². The average Bonchev–Trinajstić information content (AvgIpc) is 2.99. The van der Waals surface area contributed by atoms with Gasteiger partial charge in [0.15, 0.2) is 0 Å². The molecule has 0 aromatic carbocycles. The Kier molecular flexibility index (Phi) is 29.8. The van der Waals surface area contributed by atoms with E-state index in [0.29, 0.717) is 6.61 Å². The normalized spacial score (nSPS) is 12.9. The lowest BCUT2D eigenvalue weighted by Gasteiger charge is -2.18. The Bertz CT molecular complexity index is 715. The van der Waals surface area contributed by atoms with Gasteiger partial charge in [-0.3, -0.25) is 9.59 Å². The largest absolute Gasteiger partial charge is 0.480 e. The summed E-state index contributed by atoms with van der Waals surface area (Å²) in [5.41, 5.74) is 0. The average molecular weight is 641 g/mol. The van der Waals surface area contributed by atoms with Crippen molar-refractivity contribution in [1.29, 1.82) is 0 Å². The maximum atomic E-state index is 12.6. The number of carbonyl (C=O) groups excluding carboxylic acids is 2. The minimum Gasteiger partial charge on any atom is -0.480 e. The maximum absolute atomic E-state index is 12.6. The zero-order valence-electron chi connectivity index (χ0n) is 29.7. The second kappa shape index (κ2) is 31.0. The number of amides is 2. The van der Waals surface area contributed by atoms with Gasteiger partial charge < -0.3 is 25.6 Å². The molecule has 0 aliphatic rings. The first-order valence-corrected chi connectivity index (χ1v) is 18.7. The summed E-state index contributed by atoms with van der Waals surface area (Å²) < 4.78 is 6.16. The van der Waals surface area contributed by atoms with Gasteiger partial charge in [0.05, 0.1) is 25.7 Å². The standard InChI is InChI=1S/C37H72N2O6/c1-31(2)24-20-16-12-8-5-6-11-15-19-23-27-45-33(26-22-18-14-10-7-9-13-17-21-25-32(3)4)28-35(41)38-29-36(42)39-34(30-40)37(43)44/h31-34,40H,5-30H2,1-4H3,(H,38,41)(H,39,42)(H,43,44). The van der Waals surface area contributed by atoms with Crippen LogP contribution in [-0.2, 0) is 19.1 Å². The van der Waals surface area contributed by atoms with Crippen LogP contribution in [0.2, 0.25) is 0 Å². The summed E-state index contributed by atoms with van der Waals surface area (Å²) in [6.45, 7) is 8.78. The van der Waals surface area contributed by atoms with E-state index in [4.69, 9.17) is 14.9 Å². The second-order valence-electron chi connectivity index (χ2n) is 14.0. The molecule has 0 fully saturated rings. The van der Waals surface area contributed by atoms with Crippen molar-refractivity contribution in [3.8, 4) is 0 Å². The first-order valence-electron chi connectivity index (χ1n) is 18.7. The summed E-state index contributed by atoms with van der Waals surface area (Å²) in [7, 11) is 0. The van der Waals surface area contributed by atoms with Crippen LogP contribution in [-0.4, -0.2) is 59.9 Å². The summed E-state index contributed by atoms with van der Waals surface area (Å²) in [6, 6.07) is -1.38. The molecule has 0 aliphatic carbocycles. The van der Waals surface area contributed by atoms with Crippen molar-refractivity contribution in [2.45, 2.75) is 188 Å². The van der Waals surface area contributed by atoms with Gasteiger partial charge in [-0.05, 0) is 24.7 Å². The first kappa shape index (κ1) is 43.3. The van der Waals surface area contributed by atoms with E-state index >= 15 is 0 Å². The fraction of sp³-hybridized carbons (Fsp3) is 0.919. The number of hydrogen-bond acceptors (Lipinski definition) is 5. The number of aliphatic carboxylic acids is 1. The maximum Gasteiger partial charge on any atom is 0.328 e. The van der Waals surface area contributed by atoms with Crippen molar-refractivity contribution in [2.24, 2.45) is 11.8 Å². The highest BCUT2D eigenvalue weighted by molar-refractivity contribution is 5.88. The van der Waals surface area contributed by atoms with Crippen LogP contribution in [0.15, 0.2) is 0 Å². The van der Waals surface area contributed by atoms with Gasteiger partial charge in [0.25, 0.3) is 0 Å². The summed E-state index contributed by atoms with van der Waals surface area (Å²) >= 11 is 0. The zero-order valence-corrected chi connectivity index (χ0v) is 29.7. The van der Waals surface area contributed by atoms with E-state index in [1.54, 1.807) is 0 Å². The van der Waals surface area contributed by atoms with E-state index in [2.05, 4.69) is 38.3 Å². The molecule has 0 saturated carbocycles. The highest BCUT2D eigenvalue weighted by atomic mass is 16.5. The Hall–Kier alpha value is -1.67. The molecule has 2 atom stereocenters. The highest BCUT2D eigenvalue weighted by Gasteiger charge is 2.20. The van der Waals surface area contributed by atoms with Crippen LogP contribution in [0.5, 0.6) is 0 Å². The molecule has 0 aliphatic heterocycles. The third-order valence-electron chi connectivity index (χ3n) is 8.51. The van der Waals surface area contributed by atoms with E-state index in [-0.39, 0.29) is 25.0 Å². The van der Waals surface area contributed by atoms with Gasteiger partial charge in [0.1, 0.15) is 6.04 Å². The molecule has 45 heavy (non-hydrogen) atoms. The molecule has 266 valence electrons. The zero-order chi connectivity index (χ0) is 33.5. The number of unbranched alkanes of at least 4 members (excludes halogenated alkanes) is 17. The molecular formula is C37H72N2O6. The van der Waals surface area contributed by atoms with Gasteiger partial charge in [-0.25, -0.2) is 4.79 Å². The topological polar surface area (TPSA) is 125 Å². The van der Waals surface area contributed by atoms with E-state index in [1.807, 2.05) is 0 Å². The van der Waals surface area contributed by atoms with Crippen molar-refractivity contribution in [3.05, 3.63) is 0 Å². The lowest BCUT2D eigenvalue weighted by Crippen LogP contribution is -2.47. The fourth-order valence-electron chi connectivity index (χ4n) is 5.61. The van der Waals surface area contributed by atoms with Gasteiger partial charge in [-0.2, -0.15) is 0 Å². The Balaban J connectivity index is 4.27. The Morgan fingerprint density at radius 2 is 0.978 bits per heavy atom. The summed E-state index contributed by atoms with van der Waals surface area (Å²) in [5, 5.41) is 22.8. The van der Waals surface area contributed by atoms with Crippen LogP contribution in [0.4, 0.5) is 0 Å². The quantitative estimate of drug-likeness (QED) is 0.0535. The summed E-state index contributed by atoms with van der Waals surface area (Å²) in [4.78, 5) is 35.6. The summed E-state index contributed by atoms with van der Waals surface area (Å²) in [5.74, 6) is -0.622. The van der Waals surface area contributed by atoms with Crippen LogP contribution in [0.1, 0.15) is 175 Å². The highest BCUT2D eigenvalue weighted by Crippen LogP contribution is 2.17. The van der Waals surface area contributed by atoms with Crippen LogP contribution in [0, 0.1) is 11.8 Å². The Morgan fingerprint density at radius 3 is 1.38 bits per heavy atom. The monoisotopic (exact) mass is 641 g/mol. The van der Waals surface area contributed by atoms with Crippen molar-refractivity contribution in [2.75, 3.05) is 19.8 Å². The molecule has 0 aromatic heterocycles. The molecule has 0 rings (SSSR count). The number of carbonyl (C=O) groups is 3. The molecule has 0 heterocycles. The third kappa shape index (κ3) is 30.7. The van der Waals surface area contributed by atoms with Gasteiger partial charge in [0.2, 0.25) is 11.8 Å². The van der Waals surface area contributed by atoms with E-state index < -0.39 is 24.5 Å². The van der Waals surface area contributed by atoms with E-state index in [1.165, 1.54) is 109 Å². The number of aliphatic hydroxyl groups excluding tert-OH is 1. The lowest BCUT2D eigenvalue weighted by molar-refractivity contribution is -0.142. The number of carboxylic acids is 1. The third-order valence-corrected chi connectivity index (χ3v) is 8.51. The molecule has 2 unspecified atom stereocenters. The minimum atomic E-state index is -1.38. The van der Waals surface area contributed by atoms with Crippen LogP contribution in [0.3, 0.4) is 0 Å². The molecule has 0 radical (unpaired) electrons. The van der Waals surface area contributed by atoms with Gasteiger partial charge in [-0.1, -0.05) is 156 Å². The number of aliphatic hydroxyl groups is 1. The number of nitrogens with one attached hydrogen (secondary N) is 2. The molecule has 0 spiro atoms. The first-order chi connectivity index (χ1) is 21.6. The Labute approximate surface area is 276 Å². The Morgan fingerprint density at radius 1 is 0.578 bits per heavy atom. The molecule has 8 nitrogen and oxygen atoms in total. The smallest absolute Gasteiger partial charge is 0.328 e. The number of hydrogen-bond donors (Lipinski definition) is 4. The molecular weight excluding hydrogens is 568 g/mol. The molecule has 0 bridgehead atoms. The molecule has 0 saturated heterocycles. The molecule has 4 N–H and O–H groups in total. The number of ether oxygens (including phenoxy) is 1. The minimum absolute atomic E-state index is 0.184. The van der Waals surface area contributed by atoms with Crippen molar-refractivity contribution >= 4 is 17.8 Å². The second-order valence-corrected chi connectivity index (χ2v) is 14.0. The molecule has 0 aromatic rings. The summed E-state index contributed by atoms with van der Waals surface area (Å²) in [6.07, 6.45) is 27.5. The molecule has 2 amide bonds. The lowest BCUT2D eigenvalue weighted by atomic mass is 10.0.